The summed E-state index contributed by atoms with van der Waals surface area (Å²) in [6.07, 6.45) is 0.776. The summed E-state index contributed by atoms with van der Waals surface area (Å²) in [5.74, 6) is 0. The lowest BCUT2D eigenvalue weighted by Gasteiger charge is -2.10. The zero-order valence-corrected chi connectivity index (χ0v) is 11.0. The van der Waals surface area contributed by atoms with Crippen LogP contribution in [0, 0.1) is 0 Å². The molecule has 0 radical (unpaired) electrons. The van der Waals surface area contributed by atoms with Gasteiger partial charge in [0.1, 0.15) is 0 Å². The molecule has 96 valence electrons. The van der Waals surface area contributed by atoms with Crippen molar-refractivity contribution < 1.29 is 4.74 Å². The van der Waals surface area contributed by atoms with E-state index in [-0.39, 0.29) is 10.7 Å². The number of nitrogens with zero attached hydrogens (tertiary/aromatic N) is 2. The van der Waals surface area contributed by atoms with E-state index in [2.05, 4.69) is 4.98 Å². The fraction of sp³-hybridized carbons (Fsp3) is 0.385. The Morgan fingerprint density at radius 1 is 1.39 bits per heavy atom. The van der Waals surface area contributed by atoms with E-state index in [1.165, 1.54) is 0 Å². The maximum atomic E-state index is 12.0. The second-order valence-electron chi connectivity index (χ2n) is 3.90. The smallest absolute Gasteiger partial charge is 0.288 e. The van der Waals surface area contributed by atoms with Crippen molar-refractivity contribution in [1.82, 2.24) is 9.55 Å². The van der Waals surface area contributed by atoms with Crippen molar-refractivity contribution in [3.05, 3.63) is 39.8 Å². The molecule has 0 fully saturated rings. The zero-order chi connectivity index (χ0) is 13.0. The number of ether oxygens (including phenoxy) is 1. The Kier molecular flexibility index (Phi) is 4.33. The van der Waals surface area contributed by atoms with E-state index in [0.29, 0.717) is 19.8 Å². The number of aryl methyl sites for hydroxylation is 1. The molecule has 0 amide bonds. The van der Waals surface area contributed by atoms with E-state index in [9.17, 15) is 4.79 Å². The van der Waals surface area contributed by atoms with Crippen LogP contribution in [0.5, 0.6) is 0 Å². The maximum absolute atomic E-state index is 12.0. The second kappa shape index (κ2) is 5.98. The quantitative estimate of drug-likeness (QED) is 0.781. The van der Waals surface area contributed by atoms with Gasteiger partial charge in [-0.05, 0) is 25.5 Å². The lowest BCUT2D eigenvalue weighted by atomic mass is 10.3. The number of fused-ring (bicyclic) bond motifs is 1. The van der Waals surface area contributed by atoms with Gasteiger partial charge in [0, 0.05) is 19.8 Å². The van der Waals surface area contributed by atoms with Crippen LogP contribution in [0.2, 0.25) is 5.15 Å². The molecule has 0 spiro atoms. The molecule has 0 saturated carbocycles. The molecule has 1 aromatic carbocycles. The largest absolute Gasteiger partial charge is 0.382 e. The van der Waals surface area contributed by atoms with Gasteiger partial charge in [0.25, 0.3) is 5.56 Å². The van der Waals surface area contributed by atoms with Crippen molar-refractivity contribution in [3.8, 4) is 0 Å². The normalized spacial score (nSPS) is 11.0. The van der Waals surface area contributed by atoms with Gasteiger partial charge in [0.15, 0.2) is 5.15 Å². The Morgan fingerprint density at radius 3 is 2.94 bits per heavy atom. The monoisotopic (exact) mass is 266 g/mol. The van der Waals surface area contributed by atoms with E-state index < -0.39 is 0 Å². The summed E-state index contributed by atoms with van der Waals surface area (Å²) < 4.78 is 6.93. The van der Waals surface area contributed by atoms with Crippen molar-refractivity contribution in [2.45, 2.75) is 19.9 Å². The molecule has 5 heteroatoms. The third-order valence-corrected chi connectivity index (χ3v) is 2.93. The highest BCUT2D eigenvalue weighted by Crippen LogP contribution is 2.12. The molecule has 0 saturated heterocycles. The zero-order valence-electron chi connectivity index (χ0n) is 10.2. The first-order chi connectivity index (χ1) is 8.74. The summed E-state index contributed by atoms with van der Waals surface area (Å²) in [7, 11) is 0. The average Bonchev–Trinajstić information content (AvgIpc) is 2.38. The lowest BCUT2D eigenvalue weighted by Crippen LogP contribution is -2.23. The summed E-state index contributed by atoms with van der Waals surface area (Å²) in [4.78, 5) is 16.1. The van der Waals surface area contributed by atoms with Crippen LogP contribution in [-0.2, 0) is 11.3 Å². The topological polar surface area (TPSA) is 44.1 Å². The van der Waals surface area contributed by atoms with E-state index in [4.69, 9.17) is 16.3 Å². The standard InChI is InChI=1S/C13H15ClN2O2/c1-2-18-9-5-8-16-11-7-4-3-6-10(11)15-12(14)13(16)17/h3-4,6-7H,2,5,8-9H2,1H3. The van der Waals surface area contributed by atoms with Gasteiger partial charge >= 0.3 is 0 Å². The van der Waals surface area contributed by atoms with Crippen LogP contribution < -0.4 is 5.56 Å². The summed E-state index contributed by atoms with van der Waals surface area (Å²) >= 11 is 5.86. The van der Waals surface area contributed by atoms with Crippen molar-refractivity contribution in [3.63, 3.8) is 0 Å². The minimum Gasteiger partial charge on any atom is -0.382 e. The number of hydrogen-bond acceptors (Lipinski definition) is 3. The summed E-state index contributed by atoms with van der Waals surface area (Å²) in [6, 6.07) is 7.48. The molecule has 0 aliphatic carbocycles. The Hall–Kier alpha value is -1.39. The van der Waals surface area contributed by atoms with Crippen molar-refractivity contribution in [2.75, 3.05) is 13.2 Å². The van der Waals surface area contributed by atoms with E-state index in [0.717, 1.165) is 17.5 Å². The third-order valence-electron chi connectivity index (χ3n) is 2.69. The highest BCUT2D eigenvalue weighted by molar-refractivity contribution is 6.29. The van der Waals surface area contributed by atoms with Gasteiger partial charge in [-0.15, -0.1) is 0 Å². The first kappa shape index (κ1) is 13.1. The molecule has 0 unspecified atom stereocenters. The third kappa shape index (κ3) is 2.71. The van der Waals surface area contributed by atoms with E-state index in [1.807, 2.05) is 31.2 Å². The molecule has 0 aliphatic rings. The van der Waals surface area contributed by atoms with Crippen LogP contribution in [0.3, 0.4) is 0 Å². The molecule has 2 rings (SSSR count). The number of aromatic nitrogens is 2. The number of para-hydroxylation sites is 2. The number of halogens is 1. The molecule has 1 heterocycles. The highest BCUT2D eigenvalue weighted by atomic mass is 35.5. The number of rotatable bonds is 5. The Labute approximate surface area is 110 Å². The van der Waals surface area contributed by atoms with Gasteiger partial charge in [-0.2, -0.15) is 0 Å². The van der Waals surface area contributed by atoms with Gasteiger partial charge in [-0.1, -0.05) is 23.7 Å². The molecule has 0 atom stereocenters. The van der Waals surface area contributed by atoms with Gasteiger partial charge in [-0.25, -0.2) is 4.98 Å². The average molecular weight is 267 g/mol. The predicted octanol–water partition coefficient (Wildman–Crippen LogP) is 2.48. The van der Waals surface area contributed by atoms with E-state index in [1.54, 1.807) is 4.57 Å². The van der Waals surface area contributed by atoms with Crippen LogP contribution in [0.25, 0.3) is 11.0 Å². The van der Waals surface area contributed by atoms with E-state index >= 15 is 0 Å². The molecule has 0 N–H and O–H groups in total. The molecule has 2 aromatic rings. The second-order valence-corrected chi connectivity index (χ2v) is 4.26. The van der Waals surface area contributed by atoms with Crippen LogP contribution in [0.1, 0.15) is 13.3 Å². The minimum absolute atomic E-state index is 0.0186. The molecule has 4 nitrogen and oxygen atoms in total. The SMILES string of the molecule is CCOCCCn1c(=O)c(Cl)nc2ccccc21. The molecular formula is C13H15ClN2O2. The Morgan fingerprint density at radius 2 is 2.17 bits per heavy atom. The van der Waals surface area contributed by atoms with Crippen molar-refractivity contribution in [2.24, 2.45) is 0 Å². The summed E-state index contributed by atoms with van der Waals surface area (Å²) in [5, 5.41) is 0.0186. The summed E-state index contributed by atoms with van der Waals surface area (Å²) in [6.45, 7) is 3.86. The first-order valence-corrected chi connectivity index (χ1v) is 6.34. The molecule has 18 heavy (non-hydrogen) atoms. The number of benzene rings is 1. The van der Waals surface area contributed by atoms with Crippen molar-refractivity contribution >= 4 is 22.6 Å². The molecule has 1 aromatic heterocycles. The first-order valence-electron chi connectivity index (χ1n) is 5.97. The Balaban J connectivity index is 2.35. The minimum atomic E-state index is -0.244. The van der Waals surface area contributed by atoms with Crippen LogP contribution in [-0.4, -0.2) is 22.8 Å². The lowest BCUT2D eigenvalue weighted by molar-refractivity contribution is 0.141. The molecular weight excluding hydrogens is 252 g/mol. The van der Waals surface area contributed by atoms with Gasteiger partial charge in [-0.3, -0.25) is 4.79 Å². The summed E-state index contributed by atoms with van der Waals surface area (Å²) in [5.41, 5.74) is 1.30. The van der Waals surface area contributed by atoms with Crippen LogP contribution >= 0.6 is 11.6 Å². The van der Waals surface area contributed by atoms with Gasteiger partial charge in [0.05, 0.1) is 11.0 Å². The fourth-order valence-corrected chi connectivity index (χ4v) is 2.05. The Bertz CT molecular complexity index is 595. The van der Waals surface area contributed by atoms with Crippen LogP contribution in [0.15, 0.2) is 29.1 Å². The highest BCUT2D eigenvalue weighted by Gasteiger charge is 2.08. The predicted molar refractivity (Wildman–Crippen MR) is 72.1 cm³/mol. The van der Waals surface area contributed by atoms with Gasteiger partial charge < -0.3 is 9.30 Å². The molecule has 0 bridgehead atoms. The number of hydrogen-bond donors (Lipinski definition) is 0. The fourth-order valence-electron chi connectivity index (χ4n) is 1.85. The molecule has 0 aliphatic heterocycles. The maximum Gasteiger partial charge on any atom is 0.288 e. The van der Waals surface area contributed by atoms with Crippen LogP contribution in [0.4, 0.5) is 0 Å². The van der Waals surface area contributed by atoms with Crippen molar-refractivity contribution in [1.29, 1.82) is 0 Å². The van der Waals surface area contributed by atoms with Gasteiger partial charge in [0.2, 0.25) is 0 Å².